The number of rotatable bonds is 34. The molecule has 4 aromatic carbocycles. The Bertz CT molecular complexity index is 6080. The van der Waals surface area contributed by atoms with E-state index in [1.54, 1.807) is 37.6 Å². The van der Waals surface area contributed by atoms with Crippen molar-refractivity contribution >= 4 is 57.2 Å². The van der Waals surface area contributed by atoms with Crippen LogP contribution >= 0.6 is 46.4 Å². The van der Waals surface area contributed by atoms with Crippen molar-refractivity contribution in [2.24, 2.45) is 0 Å². The van der Waals surface area contributed by atoms with Crippen LogP contribution in [-0.4, -0.2) is 121 Å². The summed E-state index contributed by atoms with van der Waals surface area (Å²) in [5.74, 6) is -0.459. The first-order valence-corrected chi connectivity index (χ1v) is 45.6. The summed E-state index contributed by atoms with van der Waals surface area (Å²) in [5, 5.41) is 5.10. The summed E-state index contributed by atoms with van der Waals surface area (Å²) in [7, 11) is 0. The third kappa shape index (κ3) is 27.3. The zero-order valence-corrected chi connectivity index (χ0v) is 79.2. The molecular formula is C106H113Cl4F2N19. The van der Waals surface area contributed by atoms with Crippen LogP contribution in [0, 0.1) is 46.3 Å². The Morgan fingerprint density at radius 2 is 0.634 bits per heavy atom. The van der Waals surface area contributed by atoms with Gasteiger partial charge in [0.05, 0.1) is 79.6 Å². The van der Waals surface area contributed by atoms with Gasteiger partial charge in [0.1, 0.15) is 11.6 Å². The van der Waals surface area contributed by atoms with Crippen molar-refractivity contribution in [2.75, 3.05) is 26.2 Å². The van der Waals surface area contributed by atoms with Crippen molar-refractivity contribution in [3.8, 4) is 0 Å². The van der Waals surface area contributed by atoms with Crippen LogP contribution in [-0.2, 0) is 94.3 Å². The number of fused-ring (bicyclic) bond motifs is 1. The van der Waals surface area contributed by atoms with Gasteiger partial charge in [-0.15, -0.1) is 0 Å². The highest BCUT2D eigenvalue weighted by molar-refractivity contribution is 6.31. The minimum Gasteiger partial charge on any atom is -0.348 e. The molecule has 0 aliphatic carbocycles. The maximum atomic E-state index is 13.6. The molecule has 0 radical (unpaired) electrons. The molecule has 131 heavy (non-hydrogen) atoms. The average molecular weight is 1830 g/mol. The van der Waals surface area contributed by atoms with Gasteiger partial charge < -0.3 is 15.0 Å². The second-order valence-corrected chi connectivity index (χ2v) is 36.5. The summed E-state index contributed by atoms with van der Waals surface area (Å²) >= 11 is 24.5. The topological polar surface area (TPSA) is 215 Å². The second kappa shape index (κ2) is 46.2. The molecule has 19 nitrogen and oxygen atoms in total. The van der Waals surface area contributed by atoms with Gasteiger partial charge in [0, 0.05) is 228 Å². The lowest BCUT2D eigenvalue weighted by Crippen LogP contribution is -2.29. The number of aromatic amines is 3. The number of H-pyrrole nitrogens is 3. The Morgan fingerprint density at radius 3 is 1.00 bits per heavy atom. The zero-order valence-electron chi connectivity index (χ0n) is 76.2. The van der Waals surface area contributed by atoms with E-state index in [-0.39, 0.29) is 27.9 Å². The van der Waals surface area contributed by atoms with Crippen molar-refractivity contribution in [3.05, 3.63) is 437 Å². The fourth-order valence-corrected chi connectivity index (χ4v) is 17.1. The van der Waals surface area contributed by atoms with Crippen LogP contribution in [0.1, 0.15) is 171 Å². The average Bonchev–Trinajstić information content (AvgIpc) is 1.01. The maximum absolute atomic E-state index is 13.6. The van der Waals surface area contributed by atoms with E-state index in [9.17, 15) is 8.78 Å². The molecule has 0 aliphatic heterocycles. The molecule has 25 heteroatoms. The number of nitrogens with one attached hydrogen (secondary N) is 3. The number of aryl methyl sites for hydroxylation is 5. The number of hydrogen-bond acceptors (Lipinski definition) is 16. The summed E-state index contributed by atoms with van der Waals surface area (Å²) < 4.78 is 27.1. The number of halogens is 6. The standard InChI is InChI=1S/C29H30ClFN4.C28H32FN5.C27H29Cl2N5.C22H22ClN5/c1-21-17-23(30)18-34-27(21)19-35(16-13-25-7-4-5-14-32-25)20-28-26(8-6-15-33-28)29(2,3)22-9-11-24(31)12-10-22;1-20-14-21(2)26(32-15-20)17-34(13-11-24-16-30-19-33-24)18-27-25(6-5-12-31-27)28(3,4)22-7-9-23(29)10-8-22;1-19-13-22(29)14-32-25(19)16-34(12-10-23-15-30-18-33-23)17-26-24(5-4-11-31-26)27(2,3)20-6-8-21(28)9-7-20;1-16-10-18(23)11-26-21(16)13-28(9-7-19-12-24-15-27-19)14-22-20-5-3-2-4-17(20)6-8-25-22/h4-12,14-15,17-18H,13,16,19-20H2,1-3H3;5-10,12,14-16,19H,11,13,17-18H2,1-4H3,(H,30,33);4-9,11,13-15,18H,10,12,16-17H2,1-3H3,(H,30,33);2-6,8,10-12,15H,7,9,13-14H2,1H3,(H,24,27). The molecule has 0 spiro atoms. The predicted molar refractivity (Wildman–Crippen MR) is 522 cm³/mol. The van der Waals surface area contributed by atoms with Crippen LogP contribution in [0.4, 0.5) is 8.78 Å². The number of hydrogen-bond donors (Lipinski definition) is 3. The second-order valence-electron chi connectivity index (χ2n) is 34.8. The fourth-order valence-electron chi connectivity index (χ4n) is 16.4. The Hall–Kier alpha value is -12.0. The monoisotopic (exact) mass is 1830 g/mol. The maximum Gasteiger partial charge on any atom is 0.123 e. The van der Waals surface area contributed by atoms with Gasteiger partial charge in [-0.25, -0.2) is 23.7 Å². The summed E-state index contributed by atoms with van der Waals surface area (Å²) in [6.07, 6.45) is 30.5. The largest absolute Gasteiger partial charge is 0.348 e. The van der Waals surface area contributed by atoms with Gasteiger partial charge >= 0.3 is 0 Å². The van der Waals surface area contributed by atoms with E-state index in [0.29, 0.717) is 47.8 Å². The van der Waals surface area contributed by atoms with Gasteiger partial charge in [0.2, 0.25) is 0 Å². The molecule has 3 N–H and O–H groups in total. The molecule has 0 unspecified atom stereocenters. The first-order valence-electron chi connectivity index (χ1n) is 44.1. The van der Waals surface area contributed by atoms with Crippen molar-refractivity contribution < 1.29 is 8.78 Å². The van der Waals surface area contributed by atoms with Crippen molar-refractivity contribution in [1.82, 2.24) is 94.4 Å². The summed E-state index contributed by atoms with van der Waals surface area (Å²) in [6, 6.07) is 58.5. The first kappa shape index (κ1) is 96.5. The molecule has 16 aromatic rings. The third-order valence-electron chi connectivity index (χ3n) is 24.1. The number of pyridine rings is 9. The SMILES string of the molecule is Cc1cc(Cl)cnc1CN(CCc1ccccn1)Cc1ncccc1C(C)(C)c1ccc(F)cc1.Cc1cc(Cl)cnc1CN(CCc1cnc[nH]1)Cc1nccc2ccccc12.Cc1cc(Cl)cnc1CN(CCc1cnc[nH]1)Cc1ncccc1C(C)(C)c1ccc(Cl)cc1.Cc1cnc(CN(CCc2cnc[nH]2)Cc2ncccc2C(C)(C)c2ccc(F)cc2)c(C)c1. The van der Waals surface area contributed by atoms with E-state index >= 15 is 0 Å². The molecule has 0 fully saturated rings. The van der Waals surface area contributed by atoms with E-state index < -0.39 is 0 Å². The van der Waals surface area contributed by atoms with Gasteiger partial charge in [-0.05, 0) is 192 Å². The summed E-state index contributed by atoms with van der Waals surface area (Å²) in [6.45, 7) is 32.4. The van der Waals surface area contributed by atoms with Gasteiger partial charge in [-0.2, -0.15) is 0 Å². The molecule has 674 valence electrons. The Balaban J connectivity index is 0.000000149. The van der Waals surface area contributed by atoms with Gasteiger partial charge in [0.15, 0.2) is 0 Å². The number of imidazole rings is 3. The zero-order chi connectivity index (χ0) is 92.4. The van der Waals surface area contributed by atoms with Gasteiger partial charge in [-0.3, -0.25) is 64.5 Å². The molecule has 0 saturated carbocycles. The predicted octanol–water partition coefficient (Wildman–Crippen LogP) is 23.0. The lowest BCUT2D eigenvalue weighted by atomic mass is 9.77. The van der Waals surface area contributed by atoms with E-state index in [4.69, 9.17) is 66.3 Å². The first-order chi connectivity index (χ1) is 63.2. The van der Waals surface area contributed by atoms with Crippen LogP contribution in [0.25, 0.3) is 10.8 Å². The summed E-state index contributed by atoms with van der Waals surface area (Å²) in [4.78, 5) is 73.5. The van der Waals surface area contributed by atoms with Crippen molar-refractivity contribution in [3.63, 3.8) is 0 Å². The van der Waals surface area contributed by atoms with Crippen molar-refractivity contribution in [1.29, 1.82) is 0 Å². The molecule has 0 aliphatic rings. The number of aromatic nitrogens is 15. The molecular weight excluding hydrogens is 1720 g/mol. The van der Waals surface area contributed by atoms with Crippen LogP contribution in [0.3, 0.4) is 0 Å². The quantitative estimate of drug-likeness (QED) is 0.0342. The smallest absolute Gasteiger partial charge is 0.123 e. The molecule has 16 rings (SSSR count). The Morgan fingerprint density at radius 1 is 0.298 bits per heavy atom. The van der Waals surface area contributed by atoms with Crippen molar-refractivity contribution in [2.45, 2.75) is 170 Å². The fraction of sp³-hybridized carbons (Fsp3) is 0.283. The lowest BCUT2D eigenvalue weighted by Gasteiger charge is -2.30. The minimum atomic E-state index is -0.335. The minimum absolute atomic E-state index is 0.225. The number of nitrogens with zero attached hydrogens (tertiary/aromatic N) is 16. The van der Waals surface area contributed by atoms with Crippen LogP contribution in [0.15, 0.2) is 275 Å². The van der Waals surface area contributed by atoms with Gasteiger partial charge in [0.25, 0.3) is 0 Å². The Kier molecular flexibility index (Phi) is 34.0. The van der Waals surface area contributed by atoms with Crippen LogP contribution in [0.5, 0.6) is 0 Å². The molecule has 0 amide bonds. The van der Waals surface area contributed by atoms with E-state index in [2.05, 4.69) is 210 Å². The lowest BCUT2D eigenvalue weighted by molar-refractivity contribution is 0.251. The normalized spacial score (nSPS) is 11.7. The van der Waals surface area contributed by atoms with E-state index in [1.165, 1.54) is 57.3 Å². The number of benzene rings is 4. The van der Waals surface area contributed by atoms with Crippen LogP contribution in [0.2, 0.25) is 20.1 Å². The highest BCUT2D eigenvalue weighted by atomic mass is 35.5. The summed E-state index contributed by atoms with van der Waals surface area (Å²) in [5.41, 5.74) is 24.1. The Labute approximate surface area is 788 Å². The van der Waals surface area contributed by atoms with Gasteiger partial charge in [-0.1, -0.05) is 179 Å². The van der Waals surface area contributed by atoms with E-state index in [0.717, 1.165) is 184 Å². The molecule has 0 bridgehead atoms. The highest BCUT2D eigenvalue weighted by Crippen LogP contribution is 2.38. The molecule has 0 saturated heterocycles. The molecule has 12 heterocycles. The van der Waals surface area contributed by atoms with E-state index in [1.807, 2.05) is 154 Å². The molecule has 0 atom stereocenters. The molecule has 12 aromatic heterocycles. The third-order valence-corrected chi connectivity index (χ3v) is 25.0. The van der Waals surface area contributed by atoms with Crippen LogP contribution < -0.4 is 0 Å². The highest BCUT2D eigenvalue weighted by Gasteiger charge is 2.32.